The highest BCUT2D eigenvalue weighted by atomic mass is 16.5. The summed E-state index contributed by atoms with van der Waals surface area (Å²) in [5.41, 5.74) is 1.88. The maximum Gasteiger partial charge on any atom is 0.0661 e. The lowest BCUT2D eigenvalue weighted by Gasteiger charge is -2.54. The smallest absolute Gasteiger partial charge is 0.0661 e. The molecule has 2 atom stereocenters. The molecular weight excluding hydrogens is 210 g/mol. The minimum absolute atomic E-state index is 0.478. The van der Waals surface area contributed by atoms with Gasteiger partial charge in [-0.1, -0.05) is 24.5 Å². The van der Waals surface area contributed by atoms with Crippen molar-refractivity contribution < 1.29 is 4.74 Å². The van der Waals surface area contributed by atoms with Crippen LogP contribution < -0.4 is 5.32 Å². The van der Waals surface area contributed by atoms with Gasteiger partial charge in [-0.2, -0.15) is 0 Å². The van der Waals surface area contributed by atoms with Gasteiger partial charge in [0.15, 0.2) is 0 Å². The molecule has 0 aromatic carbocycles. The van der Waals surface area contributed by atoms with Crippen LogP contribution in [-0.4, -0.2) is 25.3 Å². The summed E-state index contributed by atoms with van der Waals surface area (Å²) in [6.45, 7) is 8.33. The molecule has 0 aromatic heterocycles. The number of nitrogens with one attached hydrogen (secondary N) is 1. The van der Waals surface area contributed by atoms with E-state index < -0.39 is 0 Å². The molecule has 0 bridgehead atoms. The van der Waals surface area contributed by atoms with E-state index in [-0.39, 0.29) is 0 Å². The van der Waals surface area contributed by atoms with Crippen LogP contribution in [0.3, 0.4) is 0 Å². The van der Waals surface area contributed by atoms with E-state index in [2.05, 4.69) is 32.2 Å². The molecule has 2 aliphatic carbocycles. The predicted octanol–water partition coefficient (Wildman–Crippen LogP) is 3.28. The Morgan fingerprint density at radius 2 is 2.06 bits per heavy atom. The van der Waals surface area contributed by atoms with E-state index in [4.69, 9.17) is 4.74 Å². The van der Waals surface area contributed by atoms with E-state index in [0.717, 1.165) is 13.2 Å². The van der Waals surface area contributed by atoms with Crippen molar-refractivity contribution in [3.8, 4) is 0 Å². The van der Waals surface area contributed by atoms with Gasteiger partial charge in [0.1, 0.15) is 0 Å². The minimum atomic E-state index is 0.478. The molecule has 0 radical (unpaired) electrons. The van der Waals surface area contributed by atoms with Crippen molar-refractivity contribution >= 4 is 0 Å². The number of rotatable bonds is 5. The third kappa shape index (κ3) is 2.58. The van der Waals surface area contributed by atoms with Gasteiger partial charge in [-0.15, -0.1) is 0 Å². The molecule has 0 saturated heterocycles. The van der Waals surface area contributed by atoms with Gasteiger partial charge in [-0.25, -0.2) is 0 Å². The van der Waals surface area contributed by atoms with Crippen LogP contribution in [0.15, 0.2) is 11.6 Å². The first-order valence-corrected chi connectivity index (χ1v) is 7.17. The molecule has 2 heteroatoms. The van der Waals surface area contributed by atoms with Gasteiger partial charge in [0, 0.05) is 24.6 Å². The van der Waals surface area contributed by atoms with Gasteiger partial charge in [-0.3, -0.25) is 0 Å². The van der Waals surface area contributed by atoms with Crippen molar-refractivity contribution in [2.45, 2.75) is 65.0 Å². The number of ether oxygens (including phenoxy) is 1. The summed E-state index contributed by atoms with van der Waals surface area (Å²) in [6.07, 6.45) is 9.55. The molecule has 2 saturated carbocycles. The third-order valence-corrected chi connectivity index (χ3v) is 4.56. The fraction of sp³-hybridized carbons (Fsp3) is 0.867. The molecule has 17 heavy (non-hydrogen) atoms. The average molecular weight is 237 g/mol. The van der Waals surface area contributed by atoms with Crippen LogP contribution in [0.25, 0.3) is 0 Å². The molecule has 0 aliphatic heterocycles. The highest BCUT2D eigenvalue weighted by Gasteiger charge is 2.56. The molecule has 2 nitrogen and oxygen atoms in total. The SMILES string of the molecule is CCOC1CC(NCC=C(C)C)C12CCCC2. The molecule has 1 N–H and O–H groups in total. The second-order valence-corrected chi connectivity index (χ2v) is 5.86. The largest absolute Gasteiger partial charge is 0.378 e. The zero-order chi connectivity index (χ0) is 12.3. The summed E-state index contributed by atoms with van der Waals surface area (Å²) in [4.78, 5) is 0. The first-order valence-electron chi connectivity index (χ1n) is 7.17. The molecule has 2 fully saturated rings. The molecular formula is C15H27NO. The van der Waals surface area contributed by atoms with Crippen LogP contribution in [0.1, 0.15) is 52.9 Å². The van der Waals surface area contributed by atoms with E-state index in [0.29, 0.717) is 17.6 Å². The number of hydrogen-bond donors (Lipinski definition) is 1. The maximum absolute atomic E-state index is 5.92. The van der Waals surface area contributed by atoms with Gasteiger partial charge in [0.2, 0.25) is 0 Å². The molecule has 98 valence electrons. The Bertz CT molecular complexity index is 275. The monoisotopic (exact) mass is 237 g/mol. The Morgan fingerprint density at radius 3 is 2.65 bits per heavy atom. The van der Waals surface area contributed by atoms with Crippen LogP contribution in [0, 0.1) is 5.41 Å². The second-order valence-electron chi connectivity index (χ2n) is 5.86. The lowest BCUT2D eigenvalue weighted by molar-refractivity contribution is -0.129. The predicted molar refractivity (Wildman–Crippen MR) is 72.2 cm³/mol. The Hall–Kier alpha value is -0.340. The Labute approximate surface area is 106 Å². The summed E-state index contributed by atoms with van der Waals surface area (Å²) in [7, 11) is 0. The lowest BCUT2D eigenvalue weighted by atomic mass is 9.60. The van der Waals surface area contributed by atoms with Gasteiger partial charge >= 0.3 is 0 Å². The van der Waals surface area contributed by atoms with E-state index in [1.807, 2.05) is 0 Å². The van der Waals surface area contributed by atoms with Crippen LogP contribution in [-0.2, 0) is 4.74 Å². The Morgan fingerprint density at radius 1 is 1.35 bits per heavy atom. The fourth-order valence-corrected chi connectivity index (χ4v) is 3.58. The summed E-state index contributed by atoms with van der Waals surface area (Å²) in [5.74, 6) is 0. The fourth-order valence-electron chi connectivity index (χ4n) is 3.58. The third-order valence-electron chi connectivity index (χ3n) is 4.56. The van der Waals surface area contributed by atoms with Crippen LogP contribution in [0.2, 0.25) is 0 Å². The van der Waals surface area contributed by atoms with Crippen molar-refractivity contribution in [2.24, 2.45) is 5.41 Å². The van der Waals surface area contributed by atoms with Crippen LogP contribution in [0.4, 0.5) is 0 Å². The number of allylic oxidation sites excluding steroid dienone is 1. The molecule has 2 aliphatic rings. The summed E-state index contributed by atoms with van der Waals surface area (Å²) >= 11 is 0. The highest BCUT2D eigenvalue weighted by molar-refractivity contribution is 5.10. The molecule has 2 rings (SSSR count). The van der Waals surface area contributed by atoms with E-state index in [9.17, 15) is 0 Å². The second kappa shape index (κ2) is 5.53. The van der Waals surface area contributed by atoms with Gasteiger partial charge in [0.05, 0.1) is 6.10 Å². The standard InChI is InChI=1S/C15H27NO/c1-4-17-14-11-13(16-10-7-12(2)3)15(14)8-5-6-9-15/h7,13-14,16H,4-6,8-11H2,1-3H3. The zero-order valence-corrected chi connectivity index (χ0v) is 11.6. The van der Waals surface area contributed by atoms with Crippen molar-refractivity contribution in [3.63, 3.8) is 0 Å². The van der Waals surface area contributed by atoms with Crippen molar-refractivity contribution in [3.05, 3.63) is 11.6 Å². The first kappa shape index (κ1) is 13.1. The van der Waals surface area contributed by atoms with Gasteiger partial charge in [-0.05, 0) is 40.0 Å². The Kier molecular flexibility index (Phi) is 4.26. The van der Waals surface area contributed by atoms with Crippen LogP contribution in [0.5, 0.6) is 0 Å². The van der Waals surface area contributed by atoms with E-state index in [1.54, 1.807) is 0 Å². The first-order chi connectivity index (χ1) is 8.19. The normalized spacial score (nSPS) is 30.3. The van der Waals surface area contributed by atoms with Gasteiger partial charge in [0.25, 0.3) is 0 Å². The molecule has 1 spiro atoms. The zero-order valence-electron chi connectivity index (χ0n) is 11.6. The topological polar surface area (TPSA) is 21.3 Å². The number of hydrogen-bond acceptors (Lipinski definition) is 2. The summed E-state index contributed by atoms with van der Waals surface area (Å²) in [5, 5.41) is 3.72. The van der Waals surface area contributed by atoms with Crippen molar-refractivity contribution in [2.75, 3.05) is 13.2 Å². The lowest BCUT2D eigenvalue weighted by Crippen LogP contribution is -2.62. The highest BCUT2D eigenvalue weighted by Crippen LogP contribution is 2.54. The average Bonchev–Trinajstić information content (AvgIpc) is 2.78. The quantitative estimate of drug-likeness (QED) is 0.741. The summed E-state index contributed by atoms with van der Waals surface area (Å²) < 4.78 is 5.92. The van der Waals surface area contributed by atoms with Crippen molar-refractivity contribution in [1.29, 1.82) is 0 Å². The van der Waals surface area contributed by atoms with Crippen LogP contribution >= 0.6 is 0 Å². The van der Waals surface area contributed by atoms with Gasteiger partial charge < -0.3 is 10.1 Å². The molecule has 2 unspecified atom stereocenters. The molecule has 0 aromatic rings. The molecule has 0 amide bonds. The minimum Gasteiger partial charge on any atom is -0.378 e. The Balaban J connectivity index is 1.89. The molecule has 0 heterocycles. The van der Waals surface area contributed by atoms with E-state index >= 15 is 0 Å². The van der Waals surface area contributed by atoms with E-state index in [1.165, 1.54) is 37.7 Å². The van der Waals surface area contributed by atoms with Crippen molar-refractivity contribution in [1.82, 2.24) is 5.32 Å². The summed E-state index contributed by atoms with van der Waals surface area (Å²) in [6, 6.07) is 0.692. The maximum atomic E-state index is 5.92.